The number of carbonyl (C=O) groups excluding carboxylic acids is 2. The lowest BCUT2D eigenvalue weighted by atomic mass is 10.0. The molecule has 2 atom stereocenters. The van der Waals surface area contributed by atoms with Crippen LogP contribution in [0.25, 0.3) is 0 Å². The van der Waals surface area contributed by atoms with Crippen molar-refractivity contribution in [3.8, 4) is 0 Å². The van der Waals surface area contributed by atoms with Crippen LogP contribution in [-0.4, -0.2) is 29.9 Å². The molecule has 1 saturated heterocycles. The smallest absolute Gasteiger partial charge is 0.321 e. The predicted molar refractivity (Wildman–Crippen MR) is 107 cm³/mol. The summed E-state index contributed by atoms with van der Waals surface area (Å²) >= 11 is 0. The van der Waals surface area contributed by atoms with E-state index in [2.05, 4.69) is 17.6 Å². The summed E-state index contributed by atoms with van der Waals surface area (Å²) in [6.45, 7) is 3.30. The molecule has 0 aromatic heterocycles. The van der Waals surface area contributed by atoms with Crippen LogP contribution in [0, 0.1) is 17.2 Å². The Morgan fingerprint density at radius 2 is 1.89 bits per heavy atom. The van der Waals surface area contributed by atoms with Crippen LogP contribution >= 0.6 is 0 Å². The number of rotatable bonds is 4. The summed E-state index contributed by atoms with van der Waals surface area (Å²) in [6, 6.07) is 13.6. The molecule has 6 heteroatoms. The van der Waals surface area contributed by atoms with E-state index in [1.165, 1.54) is 17.7 Å². The summed E-state index contributed by atoms with van der Waals surface area (Å²) in [7, 11) is 0. The Bertz CT molecular complexity index is 916. The fourth-order valence-corrected chi connectivity index (χ4v) is 4.11. The molecule has 4 rings (SSSR count). The lowest BCUT2D eigenvalue weighted by Gasteiger charge is -2.18. The number of nitrogens with one attached hydrogen (secondary N) is 2. The molecule has 2 aliphatic rings. The normalized spacial score (nSPS) is 22.9. The molecule has 146 valence electrons. The fourth-order valence-electron chi connectivity index (χ4n) is 4.11. The summed E-state index contributed by atoms with van der Waals surface area (Å²) in [5.41, 5.74) is 2.30. The second-order valence-electron chi connectivity index (χ2n) is 7.77. The van der Waals surface area contributed by atoms with Gasteiger partial charge in [0.1, 0.15) is 5.82 Å². The Balaban J connectivity index is 1.34. The molecule has 1 aliphatic carbocycles. The van der Waals surface area contributed by atoms with Crippen LogP contribution in [0.1, 0.15) is 25.3 Å². The van der Waals surface area contributed by atoms with Crippen molar-refractivity contribution >= 4 is 23.3 Å². The van der Waals surface area contributed by atoms with Crippen LogP contribution < -0.4 is 10.6 Å². The highest BCUT2D eigenvalue weighted by Crippen LogP contribution is 2.58. The van der Waals surface area contributed by atoms with Gasteiger partial charge in [0.2, 0.25) is 5.91 Å². The van der Waals surface area contributed by atoms with Crippen molar-refractivity contribution in [2.45, 2.75) is 26.2 Å². The van der Waals surface area contributed by atoms with E-state index in [4.69, 9.17) is 0 Å². The van der Waals surface area contributed by atoms with E-state index >= 15 is 0 Å². The third kappa shape index (κ3) is 3.72. The maximum atomic E-state index is 13.3. The van der Waals surface area contributed by atoms with Gasteiger partial charge in [-0.05, 0) is 55.2 Å². The Labute approximate surface area is 163 Å². The van der Waals surface area contributed by atoms with E-state index < -0.39 is 0 Å². The van der Waals surface area contributed by atoms with Crippen LogP contribution in [-0.2, 0) is 11.2 Å². The van der Waals surface area contributed by atoms with Crippen molar-refractivity contribution in [3.05, 3.63) is 59.9 Å². The Kier molecular flexibility index (Phi) is 4.79. The van der Waals surface area contributed by atoms with E-state index in [9.17, 15) is 14.0 Å². The van der Waals surface area contributed by atoms with Gasteiger partial charge in [-0.15, -0.1) is 0 Å². The first-order valence-electron chi connectivity index (χ1n) is 9.70. The number of halogens is 1. The maximum absolute atomic E-state index is 13.3. The number of urea groups is 1. The number of carbonyl (C=O) groups is 2. The molecular formula is C22H24FN3O2. The fraction of sp³-hybridized carbons (Fsp3) is 0.364. The standard InChI is InChI=1S/C22H24FN3O2/c1-2-15-5-3-7-17(11-15)25-21(28)26-10-9-22(14-26)13-19(22)20(27)24-18-8-4-6-16(23)12-18/h3-8,11-12,19H,2,9-10,13-14H2,1H3,(H,24,27)(H,25,28). The van der Waals surface area contributed by atoms with Crippen LogP contribution in [0.2, 0.25) is 0 Å². The maximum Gasteiger partial charge on any atom is 0.321 e. The van der Waals surface area contributed by atoms with Gasteiger partial charge >= 0.3 is 6.03 Å². The zero-order valence-electron chi connectivity index (χ0n) is 15.9. The molecule has 1 spiro atoms. The number of amides is 3. The minimum Gasteiger partial charge on any atom is -0.326 e. The van der Waals surface area contributed by atoms with Gasteiger partial charge in [-0.25, -0.2) is 9.18 Å². The van der Waals surface area contributed by atoms with Gasteiger partial charge in [-0.3, -0.25) is 4.79 Å². The van der Waals surface area contributed by atoms with Crippen LogP contribution in [0.5, 0.6) is 0 Å². The monoisotopic (exact) mass is 381 g/mol. The lowest BCUT2D eigenvalue weighted by molar-refractivity contribution is -0.118. The van der Waals surface area contributed by atoms with Gasteiger partial charge in [0.15, 0.2) is 0 Å². The van der Waals surface area contributed by atoms with Crippen LogP contribution in [0.4, 0.5) is 20.6 Å². The quantitative estimate of drug-likeness (QED) is 0.831. The number of hydrogen-bond donors (Lipinski definition) is 2. The Morgan fingerprint density at radius 3 is 2.64 bits per heavy atom. The van der Waals surface area contributed by atoms with Crippen molar-refractivity contribution in [3.63, 3.8) is 0 Å². The topological polar surface area (TPSA) is 61.4 Å². The van der Waals surface area contributed by atoms with E-state index in [0.717, 1.165) is 24.9 Å². The number of hydrogen-bond acceptors (Lipinski definition) is 2. The molecule has 0 radical (unpaired) electrons. The molecule has 1 saturated carbocycles. The molecular weight excluding hydrogens is 357 g/mol. The molecule has 2 fully saturated rings. The number of nitrogens with zero attached hydrogens (tertiary/aromatic N) is 1. The summed E-state index contributed by atoms with van der Waals surface area (Å²) in [5.74, 6) is -0.598. The molecule has 3 amide bonds. The first kappa shape index (κ1) is 18.5. The number of likely N-dealkylation sites (tertiary alicyclic amines) is 1. The summed E-state index contributed by atoms with van der Waals surface area (Å²) < 4.78 is 13.3. The van der Waals surface area contributed by atoms with Crippen LogP contribution in [0.3, 0.4) is 0 Å². The molecule has 1 aliphatic heterocycles. The van der Waals surface area contributed by atoms with Crippen molar-refractivity contribution in [1.82, 2.24) is 4.90 Å². The second kappa shape index (κ2) is 7.26. The number of benzene rings is 2. The Morgan fingerprint density at radius 1 is 1.14 bits per heavy atom. The summed E-state index contributed by atoms with van der Waals surface area (Å²) in [4.78, 5) is 26.9. The molecule has 2 N–H and O–H groups in total. The van der Waals surface area contributed by atoms with Crippen molar-refractivity contribution in [1.29, 1.82) is 0 Å². The SMILES string of the molecule is CCc1cccc(NC(=O)N2CCC3(CC3C(=O)Nc3cccc(F)c3)C2)c1. The molecule has 2 aromatic rings. The van der Waals surface area contributed by atoms with Crippen molar-refractivity contribution in [2.24, 2.45) is 11.3 Å². The van der Waals surface area contributed by atoms with Crippen LogP contribution in [0.15, 0.2) is 48.5 Å². The van der Waals surface area contributed by atoms with E-state index in [1.54, 1.807) is 17.0 Å². The highest BCUT2D eigenvalue weighted by atomic mass is 19.1. The molecule has 2 aromatic carbocycles. The lowest BCUT2D eigenvalue weighted by Crippen LogP contribution is -2.33. The molecule has 2 unspecified atom stereocenters. The molecule has 1 heterocycles. The first-order valence-corrected chi connectivity index (χ1v) is 9.70. The van der Waals surface area contributed by atoms with Gasteiger partial charge in [-0.2, -0.15) is 0 Å². The molecule has 28 heavy (non-hydrogen) atoms. The van der Waals surface area contributed by atoms with Gasteiger partial charge in [0, 0.05) is 35.8 Å². The largest absolute Gasteiger partial charge is 0.326 e. The van der Waals surface area contributed by atoms with E-state index in [0.29, 0.717) is 18.8 Å². The van der Waals surface area contributed by atoms with E-state index in [1.807, 2.05) is 24.3 Å². The zero-order chi connectivity index (χ0) is 19.7. The zero-order valence-corrected chi connectivity index (χ0v) is 15.9. The molecule has 5 nitrogen and oxygen atoms in total. The highest BCUT2D eigenvalue weighted by molar-refractivity contribution is 5.95. The minimum atomic E-state index is -0.376. The molecule has 0 bridgehead atoms. The van der Waals surface area contributed by atoms with Crippen molar-refractivity contribution < 1.29 is 14.0 Å². The third-order valence-corrected chi connectivity index (χ3v) is 5.86. The first-order chi connectivity index (χ1) is 13.5. The average molecular weight is 381 g/mol. The third-order valence-electron chi connectivity index (χ3n) is 5.86. The van der Waals surface area contributed by atoms with Crippen molar-refractivity contribution in [2.75, 3.05) is 23.7 Å². The second-order valence-corrected chi connectivity index (χ2v) is 7.77. The predicted octanol–water partition coefficient (Wildman–Crippen LogP) is 4.27. The van der Waals surface area contributed by atoms with Gasteiger partial charge in [0.05, 0.1) is 0 Å². The number of aryl methyl sites for hydroxylation is 1. The minimum absolute atomic E-state index is 0.0940. The van der Waals surface area contributed by atoms with Gasteiger partial charge in [0.25, 0.3) is 0 Å². The van der Waals surface area contributed by atoms with E-state index in [-0.39, 0.29) is 29.1 Å². The highest BCUT2D eigenvalue weighted by Gasteiger charge is 2.61. The van der Waals surface area contributed by atoms with Gasteiger partial charge in [-0.1, -0.05) is 25.1 Å². The van der Waals surface area contributed by atoms with Gasteiger partial charge < -0.3 is 15.5 Å². The summed E-state index contributed by atoms with van der Waals surface area (Å²) in [6.07, 6.45) is 2.50. The number of anilines is 2. The average Bonchev–Trinajstić information content (AvgIpc) is 3.21. The Hall–Kier alpha value is -2.89. The summed E-state index contributed by atoms with van der Waals surface area (Å²) in [5, 5.41) is 5.75.